The van der Waals surface area contributed by atoms with Crippen LogP contribution >= 0.6 is 0 Å². The van der Waals surface area contributed by atoms with Crippen LogP contribution in [0.1, 0.15) is 46.8 Å². The third-order valence-corrected chi connectivity index (χ3v) is 3.63. The second kappa shape index (κ2) is 8.14. The van der Waals surface area contributed by atoms with Crippen molar-refractivity contribution in [1.82, 2.24) is 10.6 Å². The van der Waals surface area contributed by atoms with Crippen molar-refractivity contribution in [1.29, 1.82) is 0 Å². The van der Waals surface area contributed by atoms with Gasteiger partial charge in [0, 0.05) is 6.92 Å². The highest BCUT2D eigenvalue weighted by atomic mass is 16.4. The maximum absolute atomic E-state index is 12.2. The maximum Gasteiger partial charge on any atom is 0.339 e. The Kier molecular flexibility index (Phi) is 5.94. The molecule has 0 saturated carbocycles. The van der Waals surface area contributed by atoms with E-state index in [4.69, 9.17) is 9.52 Å². The molecule has 0 aliphatic carbocycles. The van der Waals surface area contributed by atoms with E-state index in [1.165, 1.54) is 13.0 Å². The van der Waals surface area contributed by atoms with E-state index >= 15 is 0 Å². The molecule has 0 fully saturated rings. The van der Waals surface area contributed by atoms with Crippen molar-refractivity contribution in [2.45, 2.75) is 32.9 Å². The van der Waals surface area contributed by atoms with Gasteiger partial charge >= 0.3 is 5.97 Å². The summed E-state index contributed by atoms with van der Waals surface area (Å²) in [5.41, 5.74) is 0.902. The first kappa shape index (κ1) is 18.3. The lowest BCUT2D eigenvalue weighted by Crippen LogP contribution is -2.32. The first-order chi connectivity index (χ1) is 11.9. The summed E-state index contributed by atoms with van der Waals surface area (Å²) in [5, 5.41) is 14.4. The number of aryl methyl sites for hydroxylation is 1. The molecule has 1 atom stereocenters. The zero-order chi connectivity index (χ0) is 18.4. The lowest BCUT2D eigenvalue weighted by Gasteiger charge is -2.17. The Bertz CT molecular complexity index is 767. The molecule has 25 heavy (non-hydrogen) atoms. The average molecular weight is 344 g/mol. The van der Waals surface area contributed by atoms with Crippen LogP contribution in [0.2, 0.25) is 0 Å². The Hall–Kier alpha value is -3.09. The zero-order valence-electron chi connectivity index (χ0n) is 14.0. The van der Waals surface area contributed by atoms with Gasteiger partial charge < -0.3 is 20.2 Å². The monoisotopic (exact) mass is 344 g/mol. The highest BCUT2D eigenvalue weighted by Gasteiger charge is 2.18. The van der Waals surface area contributed by atoms with E-state index in [1.54, 1.807) is 6.92 Å². The van der Waals surface area contributed by atoms with E-state index in [0.717, 1.165) is 5.56 Å². The van der Waals surface area contributed by atoms with Gasteiger partial charge in [-0.3, -0.25) is 9.59 Å². The summed E-state index contributed by atoms with van der Waals surface area (Å²) >= 11 is 0. The van der Waals surface area contributed by atoms with Crippen LogP contribution in [0.15, 0.2) is 40.8 Å². The Labute approximate surface area is 145 Å². The molecule has 2 aromatic rings. The lowest BCUT2D eigenvalue weighted by atomic mass is 10.0. The smallest absolute Gasteiger partial charge is 0.339 e. The van der Waals surface area contributed by atoms with Crippen LogP contribution < -0.4 is 10.6 Å². The van der Waals surface area contributed by atoms with Crippen molar-refractivity contribution in [3.05, 3.63) is 59.0 Å². The Balaban J connectivity index is 1.98. The van der Waals surface area contributed by atoms with Crippen LogP contribution in [0.4, 0.5) is 0 Å². The zero-order valence-corrected chi connectivity index (χ0v) is 14.0. The molecule has 0 saturated heterocycles. The molecule has 0 aliphatic heterocycles. The molecule has 0 bridgehead atoms. The standard InChI is InChI=1S/C18H20N2O5/c1-11-15(18(23)24)8-14(25-11)10-19-17(22)9-16(20-12(2)21)13-6-4-3-5-7-13/h3-8,16H,9-10H2,1-2H3,(H,19,22)(H,20,21)(H,23,24). The van der Waals surface area contributed by atoms with Gasteiger partial charge in [0.25, 0.3) is 0 Å². The Morgan fingerprint density at radius 3 is 2.44 bits per heavy atom. The van der Waals surface area contributed by atoms with Crippen LogP contribution in [0.5, 0.6) is 0 Å². The number of nitrogens with one attached hydrogen (secondary N) is 2. The van der Waals surface area contributed by atoms with Gasteiger partial charge in [0.15, 0.2) is 0 Å². The summed E-state index contributed by atoms with van der Waals surface area (Å²) in [6.45, 7) is 3.03. The molecule has 2 rings (SSSR count). The molecular formula is C18H20N2O5. The maximum atomic E-state index is 12.2. The largest absolute Gasteiger partial charge is 0.478 e. The van der Waals surface area contributed by atoms with Gasteiger partial charge in [-0.05, 0) is 18.6 Å². The summed E-state index contributed by atoms with van der Waals surface area (Å²) in [6.07, 6.45) is 0.0646. The van der Waals surface area contributed by atoms with E-state index < -0.39 is 12.0 Å². The van der Waals surface area contributed by atoms with Crippen molar-refractivity contribution in [2.24, 2.45) is 0 Å². The minimum absolute atomic E-state index is 0.0646. The fraction of sp³-hybridized carbons (Fsp3) is 0.278. The van der Waals surface area contributed by atoms with Gasteiger partial charge in [0.1, 0.15) is 17.1 Å². The summed E-state index contributed by atoms with van der Waals surface area (Å²) in [5.74, 6) is -0.937. The van der Waals surface area contributed by atoms with E-state index in [0.29, 0.717) is 5.76 Å². The van der Waals surface area contributed by atoms with E-state index in [2.05, 4.69) is 10.6 Å². The first-order valence-corrected chi connectivity index (χ1v) is 7.78. The number of furan rings is 1. The number of amides is 2. The molecule has 1 aromatic carbocycles. The van der Waals surface area contributed by atoms with Crippen molar-refractivity contribution in [2.75, 3.05) is 0 Å². The van der Waals surface area contributed by atoms with Crippen LogP contribution in [-0.4, -0.2) is 22.9 Å². The SMILES string of the molecule is CC(=O)NC(CC(=O)NCc1cc(C(=O)O)c(C)o1)c1ccccc1. The molecule has 3 N–H and O–H groups in total. The molecule has 132 valence electrons. The van der Waals surface area contributed by atoms with Gasteiger partial charge in [0.05, 0.1) is 19.0 Å². The number of aromatic carboxylic acids is 1. The van der Waals surface area contributed by atoms with Gasteiger partial charge in [0.2, 0.25) is 11.8 Å². The van der Waals surface area contributed by atoms with Gasteiger partial charge in [-0.2, -0.15) is 0 Å². The normalized spacial score (nSPS) is 11.6. The minimum atomic E-state index is -1.08. The van der Waals surface area contributed by atoms with Crippen LogP contribution in [-0.2, 0) is 16.1 Å². The van der Waals surface area contributed by atoms with Crippen molar-refractivity contribution >= 4 is 17.8 Å². The van der Waals surface area contributed by atoms with Crippen LogP contribution in [0, 0.1) is 6.92 Å². The van der Waals surface area contributed by atoms with E-state index in [9.17, 15) is 14.4 Å². The van der Waals surface area contributed by atoms with Crippen molar-refractivity contribution in [3.8, 4) is 0 Å². The third-order valence-electron chi connectivity index (χ3n) is 3.63. The predicted octanol–water partition coefficient (Wildman–Crippen LogP) is 2.17. The highest BCUT2D eigenvalue weighted by molar-refractivity contribution is 5.88. The Morgan fingerprint density at radius 2 is 1.88 bits per heavy atom. The van der Waals surface area contributed by atoms with E-state index in [-0.39, 0.29) is 36.1 Å². The molecular weight excluding hydrogens is 324 g/mol. The average Bonchev–Trinajstić information content (AvgIpc) is 2.94. The topological polar surface area (TPSA) is 109 Å². The molecule has 0 radical (unpaired) electrons. The molecule has 1 heterocycles. The first-order valence-electron chi connectivity index (χ1n) is 7.78. The summed E-state index contributed by atoms with van der Waals surface area (Å²) < 4.78 is 5.32. The number of carboxylic acid groups (broad SMARTS) is 1. The van der Waals surface area contributed by atoms with Gasteiger partial charge in [-0.15, -0.1) is 0 Å². The lowest BCUT2D eigenvalue weighted by molar-refractivity contribution is -0.123. The Morgan fingerprint density at radius 1 is 1.20 bits per heavy atom. The van der Waals surface area contributed by atoms with Crippen LogP contribution in [0.3, 0.4) is 0 Å². The predicted molar refractivity (Wildman–Crippen MR) is 89.9 cm³/mol. The van der Waals surface area contributed by atoms with E-state index in [1.807, 2.05) is 30.3 Å². The number of carbonyl (C=O) groups is 3. The highest BCUT2D eigenvalue weighted by Crippen LogP contribution is 2.17. The third kappa shape index (κ3) is 5.20. The van der Waals surface area contributed by atoms with Crippen molar-refractivity contribution in [3.63, 3.8) is 0 Å². The second-order valence-electron chi connectivity index (χ2n) is 5.63. The van der Waals surface area contributed by atoms with Gasteiger partial charge in [-0.25, -0.2) is 4.79 Å². The fourth-order valence-corrected chi connectivity index (χ4v) is 2.47. The molecule has 7 heteroatoms. The number of benzene rings is 1. The molecule has 1 unspecified atom stereocenters. The minimum Gasteiger partial charge on any atom is -0.478 e. The quantitative estimate of drug-likeness (QED) is 0.713. The second-order valence-corrected chi connectivity index (χ2v) is 5.63. The number of hydrogen-bond donors (Lipinski definition) is 3. The number of rotatable bonds is 7. The fourth-order valence-electron chi connectivity index (χ4n) is 2.47. The molecule has 7 nitrogen and oxygen atoms in total. The van der Waals surface area contributed by atoms with Crippen molar-refractivity contribution < 1.29 is 23.9 Å². The molecule has 0 spiro atoms. The molecule has 1 aromatic heterocycles. The number of carboxylic acids is 1. The van der Waals surface area contributed by atoms with Crippen LogP contribution in [0.25, 0.3) is 0 Å². The summed E-state index contributed by atoms with van der Waals surface area (Å²) in [4.78, 5) is 34.6. The number of hydrogen-bond acceptors (Lipinski definition) is 4. The molecule has 0 aliphatic rings. The molecule has 2 amide bonds. The van der Waals surface area contributed by atoms with Gasteiger partial charge in [-0.1, -0.05) is 30.3 Å². The summed E-state index contributed by atoms with van der Waals surface area (Å²) in [6, 6.07) is 10.1. The number of carbonyl (C=O) groups excluding carboxylic acids is 2. The summed E-state index contributed by atoms with van der Waals surface area (Å²) in [7, 11) is 0.